The van der Waals surface area contributed by atoms with Crippen molar-refractivity contribution < 1.29 is 10.0 Å². The molecule has 2 atom stereocenters. The highest BCUT2D eigenvalue weighted by molar-refractivity contribution is 5.99. The van der Waals surface area contributed by atoms with E-state index < -0.39 is 0 Å². The Hall–Kier alpha value is -2.04. The van der Waals surface area contributed by atoms with Gasteiger partial charge in [-0.2, -0.15) is 0 Å². The highest BCUT2D eigenvalue weighted by atomic mass is 16.4. The fourth-order valence-electron chi connectivity index (χ4n) is 2.93. The molecule has 1 amide bonds. The summed E-state index contributed by atoms with van der Waals surface area (Å²) in [5.41, 5.74) is 6.67. The molecule has 0 aliphatic heterocycles. The summed E-state index contributed by atoms with van der Waals surface area (Å²) in [6, 6.07) is 6.72. The van der Waals surface area contributed by atoms with E-state index in [-0.39, 0.29) is 11.7 Å². The average Bonchev–Trinajstić information content (AvgIpc) is 2.52. The van der Waals surface area contributed by atoms with Gasteiger partial charge in [0.15, 0.2) is 5.84 Å². The van der Waals surface area contributed by atoms with Crippen molar-refractivity contribution in [2.45, 2.75) is 32.6 Å². The first kappa shape index (κ1) is 15.4. The minimum atomic E-state index is -0.0701. The zero-order valence-electron chi connectivity index (χ0n) is 12.4. The molecular weight excluding hydrogens is 266 g/mol. The first-order chi connectivity index (χ1) is 10.1. The van der Waals surface area contributed by atoms with Crippen LogP contribution in [0.15, 0.2) is 29.4 Å². The predicted molar refractivity (Wildman–Crippen MR) is 82.4 cm³/mol. The number of amidine groups is 1. The number of nitrogens with one attached hydrogen (secondary N) is 1. The summed E-state index contributed by atoms with van der Waals surface area (Å²) in [5, 5.41) is 14.5. The van der Waals surface area contributed by atoms with Gasteiger partial charge in [-0.1, -0.05) is 37.1 Å². The fourth-order valence-corrected chi connectivity index (χ4v) is 2.93. The van der Waals surface area contributed by atoms with Crippen molar-refractivity contribution in [3.63, 3.8) is 0 Å². The van der Waals surface area contributed by atoms with Crippen molar-refractivity contribution in [3.8, 4) is 0 Å². The lowest BCUT2D eigenvalue weighted by Crippen LogP contribution is -2.31. The number of nitrogens with two attached hydrogens (primary N) is 1. The third-order valence-electron chi connectivity index (χ3n) is 4.15. The molecule has 1 fully saturated rings. The lowest BCUT2D eigenvalue weighted by Gasteiger charge is -2.26. The van der Waals surface area contributed by atoms with Crippen LogP contribution in [0.1, 0.15) is 48.5 Å². The molecule has 0 saturated heterocycles. The Morgan fingerprint density at radius 3 is 2.62 bits per heavy atom. The number of carbonyl (C=O) groups excluding carboxylic acids is 1. The van der Waals surface area contributed by atoms with E-state index in [0.29, 0.717) is 17.0 Å². The fraction of sp³-hybridized carbons (Fsp3) is 0.500. The Bertz CT molecular complexity index is 511. The Kier molecular flexibility index (Phi) is 5.20. The number of amides is 1. The molecule has 2 rings (SSSR count). The Morgan fingerprint density at radius 2 is 2.00 bits per heavy atom. The van der Waals surface area contributed by atoms with Crippen LogP contribution in [-0.4, -0.2) is 23.5 Å². The molecule has 0 heterocycles. The van der Waals surface area contributed by atoms with E-state index in [4.69, 9.17) is 10.9 Å². The SMILES string of the molecule is CC1CCCC(CNC(=O)c2ccc(/C(N)=N/O)cc2)C1. The van der Waals surface area contributed by atoms with Crippen LogP contribution in [0.25, 0.3) is 0 Å². The molecule has 0 spiro atoms. The van der Waals surface area contributed by atoms with E-state index in [1.165, 1.54) is 25.7 Å². The number of carbonyl (C=O) groups is 1. The van der Waals surface area contributed by atoms with Crippen LogP contribution in [-0.2, 0) is 0 Å². The first-order valence-corrected chi connectivity index (χ1v) is 7.46. The van der Waals surface area contributed by atoms with Gasteiger partial charge in [-0.05, 0) is 36.8 Å². The third kappa shape index (κ3) is 4.21. The summed E-state index contributed by atoms with van der Waals surface area (Å²) < 4.78 is 0. The Morgan fingerprint density at radius 1 is 1.33 bits per heavy atom. The van der Waals surface area contributed by atoms with Gasteiger partial charge < -0.3 is 16.3 Å². The van der Waals surface area contributed by atoms with Crippen molar-refractivity contribution in [2.75, 3.05) is 6.54 Å². The molecule has 21 heavy (non-hydrogen) atoms. The van der Waals surface area contributed by atoms with Crippen LogP contribution in [0, 0.1) is 11.8 Å². The molecule has 0 bridgehead atoms. The summed E-state index contributed by atoms with van der Waals surface area (Å²) in [6.45, 7) is 3.02. The molecule has 1 saturated carbocycles. The molecule has 4 N–H and O–H groups in total. The minimum Gasteiger partial charge on any atom is -0.409 e. The molecule has 2 unspecified atom stereocenters. The van der Waals surface area contributed by atoms with E-state index in [0.717, 1.165) is 12.5 Å². The summed E-state index contributed by atoms with van der Waals surface area (Å²) in [5.74, 6) is 1.33. The molecule has 5 heteroatoms. The quantitative estimate of drug-likeness (QED) is 0.344. The molecule has 114 valence electrons. The topological polar surface area (TPSA) is 87.7 Å². The van der Waals surface area contributed by atoms with Gasteiger partial charge in [-0.25, -0.2) is 0 Å². The average molecular weight is 289 g/mol. The molecule has 1 aromatic rings. The lowest BCUT2D eigenvalue weighted by molar-refractivity contribution is 0.0940. The van der Waals surface area contributed by atoms with E-state index >= 15 is 0 Å². The number of hydrogen-bond acceptors (Lipinski definition) is 3. The van der Waals surface area contributed by atoms with Gasteiger partial charge >= 0.3 is 0 Å². The summed E-state index contributed by atoms with van der Waals surface area (Å²) in [4.78, 5) is 12.1. The van der Waals surface area contributed by atoms with Crippen LogP contribution in [0.2, 0.25) is 0 Å². The minimum absolute atomic E-state index is 0.0400. The standard InChI is InChI=1S/C16H23N3O2/c1-11-3-2-4-12(9-11)10-18-16(20)14-7-5-13(6-8-14)15(17)19-21/h5-8,11-12,21H,2-4,9-10H2,1H3,(H2,17,19)(H,18,20). The highest BCUT2D eigenvalue weighted by Crippen LogP contribution is 2.27. The zero-order chi connectivity index (χ0) is 15.2. The van der Waals surface area contributed by atoms with Gasteiger partial charge in [0, 0.05) is 17.7 Å². The van der Waals surface area contributed by atoms with E-state index in [1.54, 1.807) is 24.3 Å². The number of oxime groups is 1. The van der Waals surface area contributed by atoms with Gasteiger partial charge in [0.25, 0.3) is 5.91 Å². The van der Waals surface area contributed by atoms with Crippen molar-refractivity contribution >= 4 is 11.7 Å². The van der Waals surface area contributed by atoms with Crippen molar-refractivity contribution in [1.29, 1.82) is 0 Å². The molecule has 1 aliphatic rings. The highest BCUT2D eigenvalue weighted by Gasteiger charge is 2.19. The maximum atomic E-state index is 12.1. The Labute approximate surface area is 125 Å². The second-order valence-corrected chi connectivity index (χ2v) is 5.91. The number of hydrogen-bond donors (Lipinski definition) is 3. The molecule has 0 aromatic heterocycles. The summed E-state index contributed by atoms with van der Waals surface area (Å²) >= 11 is 0. The monoisotopic (exact) mass is 289 g/mol. The van der Waals surface area contributed by atoms with E-state index in [1.807, 2.05) is 0 Å². The molecule has 5 nitrogen and oxygen atoms in total. The van der Waals surface area contributed by atoms with Gasteiger partial charge in [0.05, 0.1) is 0 Å². The second-order valence-electron chi connectivity index (χ2n) is 5.91. The first-order valence-electron chi connectivity index (χ1n) is 7.46. The van der Waals surface area contributed by atoms with Crippen molar-refractivity contribution in [1.82, 2.24) is 5.32 Å². The molecule has 0 radical (unpaired) electrons. The molecule has 1 aliphatic carbocycles. The van der Waals surface area contributed by atoms with Gasteiger partial charge in [0.2, 0.25) is 0 Å². The van der Waals surface area contributed by atoms with Crippen molar-refractivity contribution in [3.05, 3.63) is 35.4 Å². The van der Waals surface area contributed by atoms with Crippen LogP contribution < -0.4 is 11.1 Å². The lowest BCUT2D eigenvalue weighted by atomic mass is 9.82. The van der Waals surface area contributed by atoms with Crippen LogP contribution in [0.4, 0.5) is 0 Å². The summed E-state index contributed by atoms with van der Waals surface area (Å²) in [6.07, 6.45) is 4.96. The zero-order valence-corrected chi connectivity index (χ0v) is 12.4. The number of benzene rings is 1. The third-order valence-corrected chi connectivity index (χ3v) is 4.15. The largest absolute Gasteiger partial charge is 0.409 e. The predicted octanol–water partition coefficient (Wildman–Crippen LogP) is 2.34. The number of nitrogens with zero attached hydrogens (tertiary/aromatic N) is 1. The van der Waals surface area contributed by atoms with Gasteiger partial charge in [-0.15, -0.1) is 0 Å². The summed E-state index contributed by atoms with van der Waals surface area (Å²) in [7, 11) is 0. The second kappa shape index (κ2) is 7.11. The molecular formula is C16H23N3O2. The smallest absolute Gasteiger partial charge is 0.251 e. The van der Waals surface area contributed by atoms with Gasteiger partial charge in [-0.3, -0.25) is 4.79 Å². The number of rotatable bonds is 4. The van der Waals surface area contributed by atoms with Crippen LogP contribution in [0.5, 0.6) is 0 Å². The van der Waals surface area contributed by atoms with Gasteiger partial charge in [0.1, 0.15) is 0 Å². The Balaban J connectivity index is 1.88. The van der Waals surface area contributed by atoms with Crippen LogP contribution in [0.3, 0.4) is 0 Å². The van der Waals surface area contributed by atoms with Crippen LogP contribution >= 0.6 is 0 Å². The maximum Gasteiger partial charge on any atom is 0.251 e. The normalized spacial score (nSPS) is 22.8. The van der Waals surface area contributed by atoms with E-state index in [9.17, 15) is 4.79 Å². The maximum absolute atomic E-state index is 12.1. The van der Waals surface area contributed by atoms with Crippen molar-refractivity contribution in [2.24, 2.45) is 22.7 Å². The molecule has 1 aromatic carbocycles. The van der Waals surface area contributed by atoms with E-state index in [2.05, 4.69) is 17.4 Å².